The number of halogens is 1. The van der Waals surface area contributed by atoms with Gasteiger partial charge in [-0.1, -0.05) is 32.9 Å². The Kier molecular flexibility index (Phi) is 4.34. The van der Waals surface area contributed by atoms with E-state index >= 15 is 0 Å². The van der Waals surface area contributed by atoms with Gasteiger partial charge in [0.2, 0.25) is 0 Å². The summed E-state index contributed by atoms with van der Waals surface area (Å²) >= 11 is 3.15. The van der Waals surface area contributed by atoms with E-state index in [0.29, 0.717) is 4.60 Å². The Balaban J connectivity index is 2.25. The van der Waals surface area contributed by atoms with Crippen molar-refractivity contribution in [1.29, 1.82) is 0 Å². The first-order valence-electron chi connectivity index (χ1n) is 6.29. The Bertz CT molecular complexity index is 720. The summed E-state index contributed by atoms with van der Waals surface area (Å²) in [6.07, 6.45) is 2.78. The summed E-state index contributed by atoms with van der Waals surface area (Å²) in [6.45, 7) is 6.23. The minimum atomic E-state index is -3.66. The molecule has 0 amide bonds. The maximum atomic E-state index is 12.3. The Morgan fingerprint density at radius 3 is 2.14 bits per heavy atom. The Hall–Kier alpha value is -1.47. The minimum Gasteiger partial charge on any atom is -0.262 e. The van der Waals surface area contributed by atoms with Crippen LogP contribution in [0.5, 0.6) is 0 Å². The number of nitrogens with zero attached hydrogens (tertiary/aromatic N) is 2. The lowest BCUT2D eigenvalue weighted by Crippen LogP contribution is -2.15. The van der Waals surface area contributed by atoms with Crippen molar-refractivity contribution in [3.8, 4) is 0 Å². The molecular weight excluding hydrogens is 354 g/mol. The molecule has 0 radical (unpaired) electrons. The third kappa shape index (κ3) is 4.01. The quantitative estimate of drug-likeness (QED) is 0.900. The van der Waals surface area contributed by atoms with Crippen LogP contribution < -0.4 is 4.72 Å². The number of benzene rings is 1. The molecule has 0 bridgehead atoms. The molecule has 1 aromatic carbocycles. The lowest BCUT2D eigenvalue weighted by Gasteiger charge is -2.19. The fourth-order valence-corrected chi connectivity index (χ4v) is 2.89. The average Bonchev–Trinajstić information content (AvgIpc) is 2.40. The van der Waals surface area contributed by atoms with Crippen LogP contribution in [0.1, 0.15) is 26.3 Å². The predicted molar refractivity (Wildman–Crippen MR) is 85.7 cm³/mol. The molecule has 7 heteroatoms. The number of rotatable bonds is 3. The van der Waals surface area contributed by atoms with Crippen LogP contribution in [0.25, 0.3) is 0 Å². The summed E-state index contributed by atoms with van der Waals surface area (Å²) < 4.78 is 27.5. The van der Waals surface area contributed by atoms with Gasteiger partial charge in [-0.25, -0.2) is 18.4 Å². The maximum Gasteiger partial charge on any atom is 0.263 e. The molecule has 5 nitrogen and oxygen atoms in total. The van der Waals surface area contributed by atoms with Gasteiger partial charge in [-0.15, -0.1) is 0 Å². The van der Waals surface area contributed by atoms with E-state index in [2.05, 4.69) is 51.4 Å². The van der Waals surface area contributed by atoms with Gasteiger partial charge in [-0.2, -0.15) is 0 Å². The molecule has 0 saturated heterocycles. The number of hydrogen-bond donors (Lipinski definition) is 1. The smallest absolute Gasteiger partial charge is 0.262 e. The second-order valence-corrected chi connectivity index (χ2v) is 8.10. The largest absolute Gasteiger partial charge is 0.263 e. The molecule has 1 aromatic heterocycles. The first kappa shape index (κ1) is 15.9. The van der Waals surface area contributed by atoms with Crippen molar-refractivity contribution in [1.82, 2.24) is 9.97 Å². The average molecular weight is 370 g/mol. The zero-order valence-electron chi connectivity index (χ0n) is 12.0. The summed E-state index contributed by atoms with van der Waals surface area (Å²) in [5, 5.41) is 0. The molecule has 2 aromatic rings. The first-order chi connectivity index (χ1) is 9.68. The summed E-state index contributed by atoms with van der Waals surface area (Å²) in [5.74, 6) is 0.179. The molecule has 0 unspecified atom stereocenters. The molecule has 0 saturated carbocycles. The topological polar surface area (TPSA) is 72.0 Å². The number of aromatic nitrogens is 2. The monoisotopic (exact) mass is 369 g/mol. The van der Waals surface area contributed by atoms with Crippen LogP contribution in [0.2, 0.25) is 0 Å². The fourth-order valence-electron chi connectivity index (χ4n) is 1.70. The molecule has 0 atom stereocenters. The molecule has 112 valence electrons. The van der Waals surface area contributed by atoms with Gasteiger partial charge in [-0.3, -0.25) is 4.72 Å². The molecule has 21 heavy (non-hydrogen) atoms. The lowest BCUT2D eigenvalue weighted by molar-refractivity contribution is 0.587. The molecule has 0 aliphatic heterocycles. The molecule has 2 rings (SSSR count). The van der Waals surface area contributed by atoms with Gasteiger partial charge in [-0.05, 0) is 39.0 Å². The minimum absolute atomic E-state index is 0.0209. The van der Waals surface area contributed by atoms with Crippen molar-refractivity contribution in [2.45, 2.75) is 31.1 Å². The van der Waals surface area contributed by atoms with Crippen LogP contribution in [-0.4, -0.2) is 18.4 Å². The lowest BCUT2D eigenvalue weighted by atomic mass is 9.87. The van der Waals surface area contributed by atoms with Crippen LogP contribution in [0, 0.1) is 0 Å². The van der Waals surface area contributed by atoms with E-state index in [4.69, 9.17) is 0 Å². The van der Waals surface area contributed by atoms with Gasteiger partial charge in [0, 0.05) is 0 Å². The van der Waals surface area contributed by atoms with Crippen molar-refractivity contribution < 1.29 is 8.42 Å². The van der Waals surface area contributed by atoms with Gasteiger partial charge in [0.15, 0.2) is 5.82 Å². The van der Waals surface area contributed by atoms with E-state index in [1.807, 2.05) is 12.1 Å². The van der Waals surface area contributed by atoms with Gasteiger partial charge >= 0.3 is 0 Å². The second-order valence-electron chi connectivity index (χ2n) is 5.60. The molecular formula is C14H16BrN3O2S. The maximum absolute atomic E-state index is 12.3. The van der Waals surface area contributed by atoms with E-state index in [1.54, 1.807) is 12.1 Å². The molecule has 0 aliphatic carbocycles. The Morgan fingerprint density at radius 1 is 1.05 bits per heavy atom. The van der Waals surface area contributed by atoms with Crippen LogP contribution in [0.3, 0.4) is 0 Å². The second kappa shape index (κ2) is 5.73. The predicted octanol–water partition coefficient (Wildman–Crippen LogP) is 3.34. The van der Waals surface area contributed by atoms with Gasteiger partial charge in [0.05, 0.1) is 17.3 Å². The van der Waals surface area contributed by atoms with E-state index in [9.17, 15) is 8.42 Å². The fraction of sp³-hybridized carbons (Fsp3) is 0.286. The highest BCUT2D eigenvalue weighted by Crippen LogP contribution is 2.24. The Labute approximate surface area is 133 Å². The zero-order chi connectivity index (χ0) is 15.7. The number of sulfonamides is 1. The summed E-state index contributed by atoms with van der Waals surface area (Å²) in [5.41, 5.74) is 1.05. The van der Waals surface area contributed by atoms with Crippen molar-refractivity contribution in [2.24, 2.45) is 0 Å². The highest BCUT2D eigenvalue weighted by molar-refractivity contribution is 9.10. The standard InChI is InChI=1S/C14H16BrN3O2S/c1-14(2,3)10-4-6-11(7-5-10)21(19,20)18-13-9-16-12(15)8-17-13/h4-9H,1-3H3,(H,17,18). The summed E-state index contributed by atoms with van der Waals surface area (Å²) in [4.78, 5) is 8.07. The highest BCUT2D eigenvalue weighted by Gasteiger charge is 2.18. The normalized spacial score (nSPS) is 12.2. The van der Waals surface area contributed by atoms with Crippen LogP contribution in [0.15, 0.2) is 46.2 Å². The van der Waals surface area contributed by atoms with Crippen LogP contribution in [-0.2, 0) is 15.4 Å². The van der Waals surface area contributed by atoms with E-state index < -0.39 is 10.0 Å². The molecule has 0 aliphatic rings. The van der Waals surface area contributed by atoms with Gasteiger partial charge < -0.3 is 0 Å². The molecule has 1 N–H and O–H groups in total. The molecule has 1 heterocycles. The summed E-state index contributed by atoms with van der Waals surface area (Å²) in [7, 11) is -3.66. The SMILES string of the molecule is CC(C)(C)c1ccc(S(=O)(=O)Nc2cnc(Br)cn2)cc1. The van der Waals surface area contributed by atoms with E-state index in [0.717, 1.165) is 5.56 Å². The van der Waals surface area contributed by atoms with Crippen LogP contribution >= 0.6 is 15.9 Å². The van der Waals surface area contributed by atoms with E-state index in [1.165, 1.54) is 12.4 Å². The van der Waals surface area contributed by atoms with Crippen molar-refractivity contribution in [2.75, 3.05) is 4.72 Å². The number of hydrogen-bond acceptors (Lipinski definition) is 4. The molecule has 0 spiro atoms. The third-order valence-corrected chi connectivity index (χ3v) is 4.67. The van der Waals surface area contributed by atoms with Crippen molar-refractivity contribution in [3.05, 3.63) is 46.8 Å². The van der Waals surface area contributed by atoms with Gasteiger partial charge in [0.25, 0.3) is 10.0 Å². The number of nitrogens with one attached hydrogen (secondary N) is 1. The van der Waals surface area contributed by atoms with Crippen molar-refractivity contribution >= 4 is 31.8 Å². The third-order valence-electron chi connectivity index (χ3n) is 2.89. The van der Waals surface area contributed by atoms with Gasteiger partial charge in [0.1, 0.15) is 4.60 Å². The zero-order valence-corrected chi connectivity index (χ0v) is 14.4. The Morgan fingerprint density at radius 2 is 1.67 bits per heavy atom. The highest BCUT2D eigenvalue weighted by atomic mass is 79.9. The van der Waals surface area contributed by atoms with E-state index in [-0.39, 0.29) is 16.1 Å². The summed E-state index contributed by atoms with van der Waals surface area (Å²) in [6, 6.07) is 6.83. The first-order valence-corrected chi connectivity index (χ1v) is 8.57. The number of anilines is 1. The molecule has 0 fully saturated rings. The van der Waals surface area contributed by atoms with Crippen LogP contribution in [0.4, 0.5) is 5.82 Å². The van der Waals surface area contributed by atoms with Crippen molar-refractivity contribution in [3.63, 3.8) is 0 Å².